The van der Waals surface area contributed by atoms with Crippen LogP contribution in [0.4, 0.5) is 0 Å². The van der Waals surface area contributed by atoms with Crippen molar-refractivity contribution in [3.05, 3.63) is 18.7 Å². The molecular weight excluding hydrogens is 156 g/mol. The third kappa shape index (κ3) is 2.47. The first-order chi connectivity index (χ1) is 5.36. The minimum Gasteiger partial charge on any atom is -0.386 e. The van der Waals surface area contributed by atoms with Gasteiger partial charge in [0.2, 0.25) is 6.33 Å². The maximum atomic E-state index is 5.37. The zero-order valence-corrected chi connectivity index (χ0v) is 8.57. The van der Waals surface area contributed by atoms with Gasteiger partial charge in [0.15, 0.2) is 0 Å². The molecule has 0 radical (unpaired) electrons. The van der Waals surface area contributed by atoms with Crippen molar-refractivity contribution in [2.75, 3.05) is 6.61 Å². The lowest BCUT2D eigenvalue weighted by Gasteiger charge is -1.93. The molecule has 4 heteroatoms. The normalized spacial score (nSPS) is 11.5. The minimum atomic E-state index is -0.504. The molecule has 0 saturated carbocycles. The van der Waals surface area contributed by atoms with Gasteiger partial charge in [-0.3, -0.25) is 4.23 Å². The standard InChI is InChI=1S/C7H15N2OSi/c1-3-8-5-6-9(7-8)11-10-4-2/h5-7H,3-4,11H2,1-2H3/q+1. The topological polar surface area (TPSA) is 18.0 Å². The Bertz CT molecular complexity index is 212. The van der Waals surface area contributed by atoms with Gasteiger partial charge in [-0.1, -0.05) is 0 Å². The van der Waals surface area contributed by atoms with Crippen LogP contribution in [0.2, 0.25) is 0 Å². The van der Waals surface area contributed by atoms with Gasteiger partial charge >= 0.3 is 9.92 Å². The average molecular weight is 171 g/mol. The molecule has 0 aromatic carbocycles. The molecule has 1 rings (SSSR count). The van der Waals surface area contributed by atoms with E-state index in [1.165, 1.54) is 0 Å². The van der Waals surface area contributed by atoms with Gasteiger partial charge in [-0.2, -0.15) is 0 Å². The Labute approximate surface area is 69.6 Å². The summed E-state index contributed by atoms with van der Waals surface area (Å²) in [4.78, 5) is 0. The third-order valence-corrected chi connectivity index (χ3v) is 2.82. The summed E-state index contributed by atoms with van der Waals surface area (Å²) in [6, 6.07) is 0. The van der Waals surface area contributed by atoms with Crippen molar-refractivity contribution in [1.82, 2.24) is 4.57 Å². The fourth-order valence-corrected chi connectivity index (χ4v) is 1.75. The van der Waals surface area contributed by atoms with Gasteiger partial charge in [0, 0.05) is 6.61 Å². The number of imidazole rings is 1. The van der Waals surface area contributed by atoms with E-state index in [0.29, 0.717) is 0 Å². The molecule has 0 amide bonds. The van der Waals surface area contributed by atoms with E-state index in [0.717, 1.165) is 13.2 Å². The predicted molar refractivity (Wildman–Crippen MR) is 45.9 cm³/mol. The first kappa shape index (κ1) is 8.48. The largest absolute Gasteiger partial charge is 0.386 e. The number of hydrogen-bond acceptors (Lipinski definition) is 1. The van der Waals surface area contributed by atoms with Crippen molar-refractivity contribution >= 4 is 9.92 Å². The molecule has 0 unspecified atom stereocenters. The summed E-state index contributed by atoms with van der Waals surface area (Å²) in [5.74, 6) is 0. The number of aryl methyl sites for hydroxylation is 1. The Hall–Kier alpha value is -0.613. The number of aromatic nitrogens is 2. The summed E-state index contributed by atoms with van der Waals surface area (Å²) in [5.41, 5.74) is 0. The molecule has 0 spiro atoms. The summed E-state index contributed by atoms with van der Waals surface area (Å²) >= 11 is 0. The molecule has 1 heterocycles. The van der Waals surface area contributed by atoms with Crippen LogP contribution in [-0.2, 0) is 11.0 Å². The van der Waals surface area contributed by atoms with E-state index in [1.54, 1.807) is 0 Å². The Kier molecular flexibility index (Phi) is 3.32. The molecule has 0 bridgehead atoms. The summed E-state index contributed by atoms with van der Waals surface area (Å²) < 4.78 is 9.67. The first-order valence-corrected chi connectivity index (χ1v) is 5.20. The Balaban J connectivity index is 2.44. The molecule has 0 fully saturated rings. The molecule has 3 nitrogen and oxygen atoms in total. The minimum absolute atomic E-state index is 0.504. The number of hydrogen-bond donors (Lipinski definition) is 0. The third-order valence-electron chi connectivity index (χ3n) is 1.56. The van der Waals surface area contributed by atoms with Gasteiger partial charge in [-0.05, 0) is 13.8 Å². The Morgan fingerprint density at radius 2 is 2.36 bits per heavy atom. The molecule has 62 valence electrons. The molecule has 0 N–H and O–H groups in total. The fraction of sp³-hybridized carbons (Fsp3) is 0.571. The van der Waals surface area contributed by atoms with Gasteiger partial charge < -0.3 is 4.43 Å². The van der Waals surface area contributed by atoms with Crippen LogP contribution in [0.1, 0.15) is 13.8 Å². The van der Waals surface area contributed by atoms with Gasteiger partial charge in [0.25, 0.3) is 0 Å². The molecule has 0 aliphatic rings. The second kappa shape index (κ2) is 4.30. The molecule has 0 aliphatic heterocycles. The van der Waals surface area contributed by atoms with Gasteiger partial charge in [0.05, 0.1) is 6.54 Å². The van der Waals surface area contributed by atoms with Crippen LogP contribution in [0.25, 0.3) is 0 Å². The lowest BCUT2D eigenvalue weighted by molar-refractivity contribution is -0.540. The SMILES string of the molecule is CCO[SiH2][n+]1ccn(CC)c1. The van der Waals surface area contributed by atoms with E-state index in [-0.39, 0.29) is 0 Å². The summed E-state index contributed by atoms with van der Waals surface area (Å²) in [6.07, 6.45) is 6.25. The van der Waals surface area contributed by atoms with Crippen LogP contribution in [0.15, 0.2) is 18.7 Å². The number of rotatable bonds is 4. The zero-order valence-electron chi connectivity index (χ0n) is 7.16. The second-order valence-corrected chi connectivity index (χ2v) is 3.78. The van der Waals surface area contributed by atoms with Crippen LogP contribution in [0.3, 0.4) is 0 Å². The van der Waals surface area contributed by atoms with Gasteiger partial charge in [0.1, 0.15) is 12.4 Å². The maximum Gasteiger partial charge on any atom is 0.381 e. The van der Waals surface area contributed by atoms with Crippen LogP contribution >= 0.6 is 0 Å². The smallest absolute Gasteiger partial charge is 0.381 e. The molecule has 11 heavy (non-hydrogen) atoms. The van der Waals surface area contributed by atoms with Gasteiger partial charge in [-0.25, -0.2) is 4.57 Å². The van der Waals surface area contributed by atoms with Crippen LogP contribution < -0.4 is 4.23 Å². The average Bonchev–Trinajstić information content (AvgIpc) is 2.48. The zero-order chi connectivity index (χ0) is 8.10. The van der Waals surface area contributed by atoms with E-state index >= 15 is 0 Å². The quantitative estimate of drug-likeness (QED) is 0.568. The fourth-order valence-electron chi connectivity index (χ4n) is 0.899. The molecule has 0 saturated heterocycles. The summed E-state index contributed by atoms with van der Waals surface area (Å²) in [7, 11) is -0.504. The van der Waals surface area contributed by atoms with Crippen molar-refractivity contribution < 1.29 is 8.66 Å². The summed E-state index contributed by atoms with van der Waals surface area (Å²) in [6.45, 7) is 6.03. The van der Waals surface area contributed by atoms with Crippen molar-refractivity contribution in [3.63, 3.8) is 0 Å². The monoisotopic (exact) mass is 171 g/mol. The Morgan fingerprint density at radius 1 is 1.55 bits per heavy atom. The van der Waals surface area contributed by atoms with E-state index in [4.69, 9.17) is 4.43 Å². The maximum absolute atomic E-state index is 5.37. The lowest BCUT2D eigenvalue weighted by atomic mass is 10.7. The van der Waals surface area contributed by atoms with Crippen LogP contribution in [-0.4, -0.2) is 21.1 Å². The lowest BCUT2D eigenvalue weighted by Crippen LogP contribution is -2.39. The van der Waals surface area contributed by atoms with Crippen molar-refractivity contribution in [2.45, 2.75) is 20.4 Å². The van der Waals surface area contributed by atoms with Crippen LogP contribution in [0.5, 0.6) is 0 Å². The van der Waals surface area contributed by atoms with Crippen LogP contribution in [0, 0.1) is 0 Å². The first-order valence-electron chi connectivity index (χ1n) is 3.99. The molecular formula is C7H15N2OSi+. The highest BCUT2D eigenvalue weighted by molar-refractivity contribution is 6.14. The van der Waals surface area contributed by atoms with E-state index in [2.05, 4.69) is 34.4 Å². The highest BCUT2D eigenvalue weighted by Crippen LogP contribution is 1.81. The van der Waals surface area contributed by atoms with Crippen molar-refractivity contribution in [2.24, 2.45) is 0 Å². The van der Waals surface area contributed by atoms with Crippen molar-refractivity contribution in [3.8, 4) is 0 Å². The highest BCUT2D eigenvalue weighted by atomic mass is 28.2. The predicted octanol–water partition coefficient (Wildman–Crippen LogP) is -0.321. The molecule has 1 aromatic heterocycles. The van der Waals surface area contributed by atoms with E-state index in [9.17, 15) is 0 Å². The second-order valence-electron chi connectivity index (χ2n) is 2.38. The van der Waals surface area contributed by atoms with Crippen molar-refractivity contribution in [1.29, 1.82) is 0 Å². The molecule has 0 aliphatic carbocycles. The molecule has 1 aromatic rings. The van der Waals surface area contributed by atoms with E-state index in [1.807, 2.05) is 6.92 Å². The Morgan fingerprint density at radius 3 is 2.91 bits per heavy atom. The number of nitrogens with zero attached hydrogens (tertiary/aromatic N) is 2. The van der Waals surface area contributed by atoms with E-state index < -0.39 is 9.92 Å². The van der Waals surface area contributed by atoms with Gasteiger partial charge in [-0.15, -0.1) is 0 Å². The molecule has 0 atom stereocenters. The highest BCUT2D eigenvalue weighted by Gasteiger charge is 2.00. The summed E-state index contributed by atoms with van der Waals surface area (Å²) in [5, 5.41) is 0.